The van der Waals surface area contributed by atoms with Gasteiger partial charge in [0.2, 0.25) is 0 Å². The third kappa shape index (κ3) is 6.10. The summed E-state index contributed by atoms with van der Waals surface area (Å²) in [5.41, 5.74) is 0. The standard InChI is InChI=1S/C18H15P.C5H10.BrH/c1-4-10-16(11-5-1)19(17-12-6-2-7-13-17)18-14-8-3-9-15-18;1-2-4-5-3-1;/h1-15H;1-5H2;1H. The maximum atomic E-state index is 2.24. The van der Waals surface area contributed by atoms with Crippen LogP contribution in [-0.4, -0.2) is 0 Å². The number of hydrogen-bond acceptors (Lipinski definition) is 0. The molecule has 0 aliphatic heterocycles. The molecule has 0 N–H and O–H groups in total. The molecule has 4 rings (SSSR count). The maximum absolute atomic E-state index is 2.24. The summed E-state index contributed by atoms with van der Waals surface area (Å²) in [6.07, 6.45) is 7.50. The van der Waals surface area contributed by atoms with E-state index in [1.165, 1.54) is 48.0 Å². The fraction of sp³-hybridized carbons (Fsp3) is 0.217. The van der Waals surface area contributed by atoms with Crippen molar-refractivity contribution in [3.63, 3.8) is 0 Å². The molecule has 1 aliphatic rings. The van der Waals surface area contributed by atoms with Crippen LogP contribution in [0.2, 0.25) is 0 Å². The molecule has 0 atom stereocenters. The molecule has 0 nitrogen and oxygen atoms in total. The van der Waals surface area contributed by atoms with Crippen molar-refractivity contribution >= 4 is 23.8 Å². The zero-order valence-corrected chi connectivity index (χ0v) is 17.2. The van der Waals surface area contributed by atoms with Gasteiger partial charge in [-0.15, -0.1) is 0 Å². The quantitative estimate of drug-likeness (QED) is 0.578. The highest BCUT2D eigenvalue weighted by molar-refractivity contribution is 7.79. The van der Waals surface area contributed by atoms with Gasteiger partial charge in [-0.05, 0) is 36.4 Å². The second-order valence-corrected chi connectivity index (χ2v) is 8.72. The first-order valence-corrected chi connectivity index (χ1v) is 10.5. The van der Waals surface area contributed by atoms with E-state index in [0.29, 0.717) is 0 Å². The molecule has 0 aromatic heterocycles. The van der Waals surface area contributed by atoms with E-state index in [2.05, 4.69) is 91.0 Å². The summed E-state index contributed by atoms with van der Waals surface area (Å²) in [4.78, 5) is 0. The highest BCUT2D eigenvalue weighted by atomic mass is 79.9. The number of rotatable bonds is 3. The lowest BCUT2D eigenvalue weighted by Crippen LogP contribution is -3.00. The Morgan fingerprint density at radius 2 is 0.640 bits per heavy atom. The van der Waals surface area contributed by atoms with Gasteiger partial charge in [0.1, 0.15) is 15.9 Å². The first-order chi connectivity index (χ1) is 11.9. The van der Waals surface area contributed by atoms with Gasteiger partial charge in [-0.3, -0.25) is 0 Å². The zero-order chi connectivity index (χ0) is 16.5. The third-order valence-electron chi connectivity index (χ3n) is 4.44. The normalized spacial score (nSPS) is 12.8. The van der Waals surface area contributed by atoms with Crippen LogP contribution in [0.4, 0.5) is 0 Å². The Morgan fingerprint density at radius 3 is 0.880 bits per heavy atom. The molecule has 0 heterocycles. The summed E-state index contributed by atoms with van der Waals surface area (Å²) < 4.78 is 0. The number of halogens is 1. The fourth-order valence-corrected chi connectivity index (χ4v) is 5.78. The molecular weight excluding hydrogens is 387 g/mol. The molecule has 0 unspecified atom stereocenters. The monoisotopic (exact) mass is 412 g/mol. The average molecular weight is 413 g/mol. The molecule has 3 aromatic rings. The van der Waals surface area contributed by atoms with Crippen LogP contribution in [0.15, 0.2) is 91.0 Å². The first-order valence-electron chi connectivity index (χ1n) is 8.98. The maximum Gasteiger partial charge on any atom is 0.102 e. The van der Waals surface area contributed by atoms with Gasteiger partial charge < -0.3 is 17.0 Å². The van der Waals surface area contributed by atoms with Gasteiger partial charge in [0, 0.05) is 0 Å². The average Bonchev–Trinajstić information content (AvgIpc) is 3.25. The Kier molecular flexibility index (Phi) is 8.94. The summed E-state index contributed by atoms with van der Waals surface area (Å²) >= 11 is 0. The second-order valence-electron chi connectivity index (χ2n) is 6.24. The van der Waals surface area contributed by atoms with Crippen molar-refractivity contribution in [3.05, 3.63) is 91.0 Å². The topological polar surface area (TPSA) is 0 Å². The van der Waals surface area contributed by atoms with Gasteiger partial charge in [-0.25, -0.2) is 0 Å². The lowest BCUT2D eigenvalue weighted by Gasteiger charge is -2.10. The molecule has 0 spiro atoms. The number of benzene rings is 3. The van der Waals surface area contributed by atoms with Crippen molar-refractivity contribution in [1.82, 2.24) is 0 Å². The van der Waals surface area contributed by atoms with E-state index < -0.39 is 7.92 Å². The summed E-state index contributed by atoms with van der Waals surface area (Å²) in [6.45, 7) is 0. The van der Waals surface area contributed by atoms with E-state index in [-0.39, 0.29) is 17.0 Å². The second kappa shape index (κ2) is 11.2. The molecule has 0 saturated heterocycles. The minimum absolute atomic E-state index is 0. The van der Waals surface area contributed by atoms with Crippen molar-refractivity contribution in [2.45, 2.75) is 32.1 Å². The van der Waals surface area contributed by atoms with Crippen LogP contribution >= 0.6 is 7.92 Å². The molecule has 3 aromatic carbocycles. The summed E-state index contributed by atoms with van der Waals surface area (Å²) in [7, 11) is -0.877. The summed E-state index contributed by atoms with van der Waals surface area (Å²) in [5.74, 6) is 0. The van der Waals surface area contributed by atoms with Gasteiger partial charge in [0.15, 0.2) is 0 Å². The Labute approximate surface area is 163 Å². The molecular formula is C23H26BrP. The minimum atomic E-state index is -0.877. The highest BCUT2D eigenvalue weighted by Crippen LogP contribution is 2.32. The van der Waals surface area contributed by atoms with Crippen molar-refractivity contribution in [2.75, 3.05) is 0 Å². The van der Waals surface area contributed by atoms with Crippen LogP contribution in [-0.2, 0) is 0 Å². The highest BCUT2D eigenvalue weighted by Gasteiger charge is 2.24. The molecule has 0 radical (unpaired) electrons. The van der Waals surface area contributed by atoms with Crippen molar-refractivity contribution in [1.29, 1.82) is 0 Å². The molecule has 0 amide bonds. The van der Waals surface area contributed by atoms with Crippen LogP contribution < -0.4 is 32.9 Å². The molecule has 2 heteroatoms. The predicted molar refractivity (Wildman–Crippen MR) is 110 cm³/mol. The van der Waals surface area contributed by atoms with Crippen LogP contribution in [0, 0.1) is 0 Å². The Balaban J connectivity index is 0.000000325. The van der Waals surface area contributed by atoms with E-state index in [1.807, 2.05) is 0 Å². The van der Waals surface area contributed by atoms with Gasteiger partial charge in [0.25, 0.3) is 0 Å². The zero-order valence-electron chi connectivity index (χ0n) is 14.6. The predicted octanol–water partition coefficient (Wildman–Crippen LogP) is 2.13. The smallest absolute Gasteiger partial charge is 0.102 e. The fourth-order valence-electron chi connectivity index (χ4n) is 3.20. The van der Waals surface area contributed by atoms with E-state index in [4.69, 9.17) is 0 Å². The van der Waals surface area contributed by atoms with E-state index >= 15 is 0 Å². The largest absolute Gasteiger partial charge is 1.00 e. The van der Waals surface area contributed by atoms with Gasteiger partial charge in [-0.1, -0.05) is 86.7 Å². The van der Waals surface area contributed by atoms with Crippen LogP contribution in [0.5, 0.6) is 0 Å². The Morgan fingerprint density at radius 1 is 0.400 bits per heavy atom. The lowest BCUT2D eigenvalue weighted by molar-refractivity contribution is -0.00000468. The van der Waals surface area contributed by atoms with E-state index in [9.17, 15) is 0 Å². The molecule has 0 bridgehead atoms. The SMILES string of the molecule is C1CCCC1.[Br-].c1ccc([PH+](c2ccccc2)c2ccccc2)cc1. The van der Waals surface area contributed by atoms with E-state index in [0.717, 1.165) is 0 Å². The lowest BCUT2D eigenvalue weighted by atomic mass is 10.4. The van der Waals surface area contributed by atoms with Crippen molar-refractivity contribution in [2.24, 2.45) is 0 Å². The molecule has 1 aliphatic carbocycles. The van der Waals surface area contributed by atoms with Crippen LogP contribution in [0.3, 0.4) is 0 Å². The Hall–Kier alpha value is -1.43. The van der Waals surface area contributed by atoms with Crippen LogP contribution in [0.1, 0.15) is 32.1 Å². The summed E-state index contributed by atoms with van der Waals surface area (Å²) in [5, 5.41) is 4.31. The van der Waals surface area contributed by atoms with E-state index in [1.54, 1.807) is 0 Å². The molecule has 130 valence electrons. The minimum Gasteiger partial charge on any atom is -1.00 e. The molecule has 1 saturated carbocycles. The van der Waals surface area contributed by atoms with Gasteiger partial charge >= 0.3 is 0 Å². The van der Waals surface area contributed by atoms with Crippen LogP contribution in [0.25, 0.3) is 0 Å². The molecule has 1 fully saturated rings. The first kappa shape index (κ1) is 19.9. The van der Waals surface area contributed by atoms with Crippen molar-refractivity contribution < 1.29 is 17.0 Å². The van der Waals surface area contributed by atoms with Crippen molar-refractivity contribution in [3.8, 4) is 0 Å². The molecule has 25 heavy (non-hydrogen) atoms. The summed E-state index contributed by atoms with van der Waals surface area (Å²) in [6, 6.07) is 32.5. The Bertz CT molecular complexity index is 592. The van der Waals surface area contributed by atoms with Gasteiger partial charge in [-0.2, -0.15) is 0 Å². The number of hydrogen-bond donors (Lipinski definition) is 0. The third-order valence-corrected chi connectivity index (χ3v) is 7.17. The van der Waals surface area contributed by atoms with Gasteiger partial charge in [0.05, 0.1) is 7.92 Å².